The van der Waals surface area contributed by atoms with E-state index in [9.17, 15) is 13.2 Å². The van der Waals surface area contributed by atoms with Crippen LogP contribution < -0.4 is 14.4 Å². The third-order valence-corrected chi connectivity index (χ3v) is 7.37. The van der Waals surface area contributed by atoms with Crippen LogP contribution in [-0.4, -0.2) is 37.5 Å². The molecule has 3 aromatic carbocycles. The molecule has 0 fully saturated rings. The molecule has 8 nitrogen and oxygen atoms in total. The number of carbonyl (C=O) groups excluding carboxylic acids is 1. The summed E-state index contributed by atoms with van der Waals surface area (Å²) in [5.41, 5.74) is 3.34. The number of rotatable bonds is 8. The van der Waals surface area contributed by atoms with Crippen LogP contribution in [0.25, 0.3) is 11.0 Å². The number of ether oxygens (including phenoxy) is 1. The second-order valence-electron chi connectivity index (χ2n) is 7.92. The van der Waals surface area contributed by atoms with Crippen molar-refractivity contribution in [3.8, 4) is 5.75 Å². The zero-order valence-electron chi connectivity index (χ0n) is 19.2. The van der Waals surface area contributed by atoms with Crippen LogP contribution in [0, 0.1) is 6.92 Å². The van der Waals surface area contributed by atoms with Crippen LogP contribution in [-0.2, 0) is 28.4 Å². The summed E-state index contributed by atoms with van der Waals surface area (Å²) in [4.78, 5) is 17.0. The summed E-state index contributed by atoms with van der Waals surface area (Å²) in [6.07, 6.45) is 0. The van der Waals surface area contributed by atoms with E-state index < -0.39 is 10.0 Å². The monoisotopic (exact) mass is 478 g/mol. The molecule has 4 rings (SSSR count). The van der Waals surface area contributed by atoms with E-state index in [-0.39, 0.29) is 24.0 Å². The highest BCUT2D eigenvalue weighted by atomic mass is 32.2. The lowest BCUT2D eigenvalue weighted by Gasteiger charge is -2.20. The smallest absolute Gasteiger partial charge is 0.264 e. The molecule has 0 bridgehead atoms. The minimum atomic E-state index is -3.67. The van der Waals surface area contributed by atoms with E-state index in [1.807, 2.05) is 42.8 Å². The molecule has 0 atom stereocenters. The summed E-state index contributed by atoms with van der Waals surface area (Å²) < 4.78 is 34.4. The average molecular weight is 479 g/mol. The molecule has 176 valence electrons. The molecule has 1 amide bonds. The van der Waals surface area contributed by atoms with E-state index in [1.165, 1.54) is 11.4 Å². The number of hydrogen-bond acceptors (Lipinski definition) is 5. The minimum absolute atomic E-state index is 0.166. The van der Waals surface area contributed by atoms with Gasteiger partial charge >= 0.3 is 0 Å². The lowest BCUT2D eigenvalue weighted by molar-refractivity contribution is -0.123. The van der Waals surface area contributed by atoms with Crippen LogP contribution in [0.2, 0.25) is 0 Å². The molecule has 34 heavy (non-hydrogen) atoms. The molecule has 0 unspecified atom stereocenters. The van der Waals surface area contributed by atoms with Crippen LogP contribution in [0.4, 0.5) is 5.69 Å². The van der Waals surface area contributed by atoms with Crippen molar-refractivity contribution in [2.45, 2.75) is 18.4 Å². The van der Waals surface area contributed by atoms with Crippen molar-refractivity contribution in [3.05, 3.63) is 84.2 Å². The Labute approximate surface area is 198 Å². The highest BCUT2D eigenvalue weighted by molar-refractivity contribution is 7.92. The van der Waals surface area contributed by atoms with Crippen molar-refractivity contribution in [1.29, 1.82) is 0 Å². The van der Waals surface area contributed by atoms with E-state index in [1.54, 1.807) is 48.5 Å². The van der Waals surface area contributed by atoms with Crippen molar-refractivity contribution < 1.29 is 17.9 Å². The van der Waals surface area contributed by atoms with Gasteiger partial charge in [0, 0.05) is 14.1 Å². The number of sulfonamides is 1. The molecular weight excluding hydrogens is 452 g/mol. The summed E-state index contributed by atoms with van der Waals surface area (Å²) in [5.74, 6) is 0.926. The summed E-state index contributed by atoms with van der Waals surface area (Å²) in [6.45, 7) is 2.02. The highest BCUT2D eigenvalue weighted by Gasteiger charge is 2.21. The van der Waals surface area contributed by atoms with Gasteiger partial charge in [0.15, 0.2) is 6.61 Å². The van der Waals surface area contributed by atoms with E-state index in [2.05, 4.69) is 10.3 Å². The van der Waals surface area contributed by atoms with Gasteiger partial charge in [-0.2, -0.15) is 0 Å². The number of nitrogens with zero attached hydrogens (tertiary/aromatic N) is 3. The summed E-state index contributed by atoms with van der Waals surface area (Å²) in [5, 5.41) is 2.81. The number of hydrogen-bond donors (Lipinski definition) is 1. The van der Waals surface area contributed by atoms with Crippen LogP contribution in [0.15, 0.2) is 77.7 Å². The van der Waals surface area contributed by atoms with E-state index in [0.29, 0.717) is 11.4 Å². The molecule has 1 N–H and O–H groups in total. The van der Waals surface area contributed by atoms with E-state index in [0.717, 1.165) is 22.4 Å². The number of amides is 1. The first-order valence-corrected chi connectivity index (χ1v) is 12.2. The Balaban J connectivity index is 1.33. The number of fused-ring (bicyclic) bond motifs is 1. The van der Waals surface area contributed by atoms with E-state index >= 15 is 0 Å². The quantitative estimate of drug-likeness (QED) is 0.419. The molecule has 0 aliphatic heterocycles. The molecule has 0 radical (unpaired) electrons. The van der Waals surface area contributed by atoms with Crippen LogP contribution >= 0.6 is 0 Å². The Morgan fingerprint density at radius 3 is 2.38 bits per heavy atom. The predicted molar refractivity (Wildman–Crippen MR) is 131 cm³/mol. The SMILES string of the molecule is Cc1ccc(S(=O)(=O)N(C)c2ccc(OCC(=O)NCc3nc4ccccc4n3C)cc2)cc1. The van der Waals surface area contributed by atoms with Gasteiger partial charge in [-0.05, 0) is 55.5 Å². The van der Waals surface area contributed by atoms with Crippen molar-refractivity contribution in [1.82, 2.24) is 14.9 Å². The van der Waals surface area contributed by atoms with Crippen LogP contribution in [0.5, 0.6) is 5.75 Å². The Hall–Kier alpha value is -3.85. The van der Waals surface area contributed by atoms with Crippen molar-refractivity contribution in [3.63, 3.8) is 0 Å². The molecule has 0 aliphatic carbocycles. The van der Waals surface area contributed by atoms with Gasteiger partial charge in [-0.15, -0.1) is 0 Å². The standard InChI is InChI=1S/C25H26N4O4S/c1-18-8-14-21(15-9-18)34(31,32)29(3)19-10-12-20(13-11-19)33-17-25(30)26-16-24-27-22-6-4-5-7-23(22)28(24)2/h4-15H,16-17H2,1-3H3,(H,26,30). The number of carbonyl (C=O) groups is 1. The Kier molecular flexibility index (Phi) is 6.56. The number of aromatic nitrogens is 2. The Morgan fingerprint density at radius 2 is 1.71 bits per heavy atom. The second kappa shape index (κ2) is 9.56. The van der Waals surface area contributed by atoms with Gasteiger partial charge in [0.2, 0.25) is 0 Å². The second-order valence-corrected chi connectivity index (χ2v) is 9.89. The highest BCUT2D eigenvalue weighted by Crippen LogP contribution is 2.24. The van der Waals surface area contributed by atoms with Gasteiger partial charge in [-0.3, -0.25) is 9.10 Å². The van der Waals surface area contributed by atoms with Crippen molar-refractivity contribution in [2.24, 2.45) is 7.05 Å². The number of anilines is 1. The summed E-state index contributed by atoms with van der Waals surface area (Å²) in [6, 6.07) is 21.0. The van der Waals surface area contributed by atoms with E-state index in [4.69, 9.17) is 4.74 Å². The molecule has 4 aromatic rings. The molecule has 1 aromatic heterocycles. The maximum absolute atomic E-state index is 12.8. The fourth-order valence-electron chi connectivity index (χ4n) is 3.49. The molecule has 0 saturated carbocycles. The Bertz CT molecular complexity index is 1410. The first kappa shape index (κ1) is 23.3. The molecule has 0 aliphatic rings. The van der Waals surface area contributed by atoms with Gasteiger partial charge in [0.1, 0.15) is 11.6 Å². The third kappa shape index (κ3) is 4.89. The third-order valence-electron chi connectivity index (χ3n) is 5.57. The van der Waals surface area contributed by atoms with Gasteiger partial charge < -0.3 is 14.6 Å². The topological polar surface area (TPSA) is 93.5 Å². The number of nitrogens with one attached hydrogen (secondary N) is 1. The Morgan fingerprint density at radius 1 is 1.03 bits per heavy atom. The first-order chi connectivity index (χ1) is 16.3. The van der Waals surface area contributed by atoms with Crippen molar-refractivity contribution >= 4 is 32.7 Å². The van der Waals surface area contributed by atoms with Gasteiger partial charge in [-0.1, -0.05) is 29.8 Å². The largest absolute Gasteiger partial charge is 0.484 e. The summed E-state index contributed by atoms with van der Waals surface area (Å²) >= 11 is 0. The number of aryl methyl sites for hydroxylation is 2. The molecular formula is C25H26N4O4S. The minimum Gasteiger partial charge on any atom is -0.484 e. The summed E-state index contributed by atoms with van der Waals surface area (Å²) in [7, 11) is -0.267. The maximum atomic E-state index is 12.8. The molecule has 0 saturated heterocycles. The van der Waals surface area contributed by atoms with Gasteiger partial charge in [0.05, 0.1) is 28.2 Å². The molecule has 1 heterocycles. The molecule has 0 spiro atoms. The fourth-order valence-corrected chi connectivity index (χ4v) is 4.69. The zero-order chi connectivity index (χ0) is 24.3. The fraction of sp³-hybridized carbons (Fsp3) is 0.200. The number of benzene rings is 3. The lowest BCUT2D eigenvalue weighted by atomic mass is 10.2. The normalized spacial score (nSPS) is 11.4. The van der Waals surface area contributed by atoms with Gasteiger partial charge in [-0.25, -0.2) is 13.4 Å². The van der Waals surface area contributed by atoms with Crippen LogP contribution in [0.1, 0.15) is 11.4 Å². The maximum Gasteiger partial charge on any atom is 0.264 e. The number of imidazole rings is 1. The number of para-hydroxylation sites is 2. The first-order valence-electron chi connectivity index (χ1n) is 10.7. The lowest BCUT2D eigenvalue weighted by Crippen LogP contribution is -2.29. The molecule has 9 heteroatoms. The van der Waals surface area contributed by atoms with Crippen LogP contribution in [0.3, 0.4) is 0 Å². The average Bonchev–Trinajstić information content (AvgIpc) is 3.17. The zero-order valence-corrected chi connectivity index (χ0v) is 20.0. The predicted octanol–water partition coefficient (Wildman–Crippen LogP) is 3.40. The van der Waals surface area contributed by atoms with Gasteiger partial charge in [0.25, 0.3) is 15.9 Å². The van der Waals surface area contributed by atoms with Crippen molar-refractivity contribution in [2.75, 3.05) is 18.0 Å².